The molecule has 0 aliphatic rings. The molecule has 0 spiro atoms. The van der Waals surface area contributed by atoms with Crippen molar-refractivity contribution in [2.75, 3.05) is 13.7 Å². The van der Waals surface area contributed by atoms with Crippen LogP contribution in [0.2, 0.25) is 0 Å². The van der Waals surface area contributed by atoms with Crippen LogP contribution in [-0.2, 0) is 4.79 Å². The van der Waals surface area contributed by atoms with Gasteiger partial charge < -0.3 is 25.1 Å². The minimum Gasteiger partial charge on any atom is -0.872 e. The van der Waals surface area contributed by atoms with Crippen molar-refractivity contribution in [3.05, 3.63) is 23.8 Å². The largest absolute Gasteiger partial charge is 0.872 e. The van der Waals surface area contributed by atoms with E-state index in [9.17, 15) is 19.8 Å². The molecule has 0 atom stereocenters. The number of benzene rings is 1. The monoisotopic (exact) mass is 307 g/mol. The van der Waals surface area contributed by atoms with Gasteiger partial charge in [0.25, 0.3) is 5.91 Å². The highest BCUT2D eigenvalue weighted by molar-refractivity contribution is 5.96. The molecule has 1 N–H and O–H groups in total. The Bertz CT molecular complexity index is 501. The maximum absolute atomic E-state index is 11.9. The van der Waals surface area contributed by atoms with Crippen LogP contribution >= 0.6 is 0 Å². The third kappa shape index (κ3) is 6.47. The predicted octanol–water partition coefficient (Wildman–Crippen LogP) is 0.589. The molecule has 0 aliphatic heterocycles. The predicted molar refractivity (Wildman–Crippen MR) is 77.5 cm³/mol. The van der Waals surface area contributed by atoms with Crippen LogP contribution in [0.4, 0.5) is 0 Å². The quantitative estimate of drug-likeness (QED) is 0.637. The first-order valence-corrected chi connectivity index (χ1v) is 7.37. The number of carboxylic acid groups (broad SMARTS) is 1. The Hall–Kier alpha value is -2.24. The third-order valence-corrected chi connectivity index (χ3v) is 3.28. The number of amides is 1. The van der Waals surface area contributed by atoms with E-state index >= 15 is 0 Å². The van der Waals surface area contributed by atoms with Crippen molar-refractivity contribution in [1.29, 1.82) is 0 Å². The Balaban J connectivity index is 2.19. The summed E-state index contributed by atoms with van der Waals surface area (Å²) in [7, 11) is 1.46. The van der Waals surface area contributed by atoms with Crippen molar-refractivity contribution in [2.45, 2.75) is 38.5 Å². The van der Waals surface area contributed by atoms with Gasteiger partial charge in [-0.25, -0.2) is 0 Å². The SMILES string of the molecule is COc1ccc(C(=O)NCCCCCCCC(=O)[O-])c([O-])c1. The van der Waals surface area contributed by atoms with Crippen LogP contribution < -0.4 is 20.3 Å². The number of nitrogens with one attached hydrogen (secondary N) is 1. The Labute approximate surface area is 130 Å². The van der Waals surface area contributed by atoms with E-state index in [1.54, 1.807) is 6.07 Å². The molecule has 0 bridgehead atoms. The van der Waals surface area contributed by atoms with Crippen LogP contribution in [0.5, 0.6) is 11.5 Å². The minimum absolute atomic E-state index is 0.0977. The number of hydrogen-bond acceptors (Lipinski definition) is 5. The molecule has 122 valence electrons. The van der Waals surface area contributed by atoms with E-state index in [4.69, 9.17) is 4.74 Å². The third-order valence-electron chi connectivity index (χ3n) is 3.28. The van der Waals surface area contributed by atoms with Gasteiger partial charge >= 0.3 is 0 Å². The highest BCUT2D eigenvalue weighted by Crippen LogP contribution is 2.20. The minimum atomic E-state index is -1.01. The fourth-order valence-corrected chi connectivity index (χ4v) is 2.04. The van der Waals surface area contributed by atoms with Gasteiger partial charge in [0.2, 0.25) is 0 Å². The first-order valence-electron chi connectivity index (χ1n) is 7.37. The van der Waals surface area contributed by atoms with E-state index in [-0.39, 0.29) is 23.6 Å². The van der Waals surface area contributed by atoms with Gasteiger partial charge in [-0.15, -0.1) is 0 Å². The molecule has 0 fully saturated rings. The zero-order valence-corrected chi connectivity index (χ0v) is 12.7. The lowest BCUT2D eigenvalue weighted by Gasteiger charge is -2.14. The second kappa shape index (κ2) is 9.65. The first kappa shape index (κ1) is 17.8. The molecule has 6 nitrogen and oxygen atoms in total. The van der Waals surface area contributed by atoms with Crippen LogP contribution in [0.3, 0.4) is 0 Å². The molecule has 0 unspecified atom stereocenters. The Morgan fingerprint density at radius 1 is 1.14 bits per heavy atom. The standard InChI is InChI=1S/C16H23NO5/c1-22-12-8-9-13(14(18)11-12)16(21)17-10-6-4-2-3-5-7-15(19)20/h8-9,11,18H,2-7,10H2,1H3,(H,17,21)(H,19,20)/p-2. The van der Waals surface area contributed by atoms with Gasteiger partial charge in [0.15, 0.2) is 0 Å². The summed E-state index contributed by atoms with van der Waals surface area (Å²) in [5.41, 5.74) is 0.106. The van der Waals surface area contributed by atoms with Crippen molar-refractivity contribution >= 4 is 11.9 Å². The molecule has 0 saturated carbocycles. The number of unbranched alkanes of at least 4 members (excludes halogenated alkanes) is 4. The van der Waals surface area contributed by atoms with E-state index in [1.807, 2.05) is 0 Å². The molecule has 0 aliphatic carbocycles. The van der Waals surface area contributed by atoms with E-state index in [1.165, 1.54) is 19.2 Å². The van der Waals surface area contributed by atoms with Crippen LogP contribution in [0, 0.1) is 0 Å². The number of ether oxygens (including phenoxy) is 1. The van der Waals surface area contributed by atoms with Crippen molar-refractivity contribution in [3.63, 3.8) is 0 Å². The zero-order chi connectivity index (χ0) is 16.4. The van der Waals surface area contributed by atoms with E-state index in [0.717, 1.165) is 25.7 Å². The average molecular weight is 307 g/mol. The van der Waals surface area contributed by atoms with Gasteiger partial charge in [-0.2, -0.15) is 0 Å². The molecule has 6 heteroatoms. The molecule has 0 aromatic heterocycles. The number of carbonyl (C=O) groups excluding carboxylic acids is 2. The number of methoxy groups -OCH3 is 1. The lowest BCUT2D eigenvalue weighted by molar-refractivity contribution is -0.305. The maximum Gasteiger partial charge on any atom is 0.250 e. The lowest BCUT2D eigenvalue weighted by Crippen LogP contribution is -2.25. The fourth-order valence-electron chi connectivity index (χ4n) is 2.04. The van der Waals surface area contributed by atoms with E-state index in [0.29, 0.717) is 18.7 Å². The topological polar surface area (TPSA) is 102 Å². The fraction of sp³-hybridized carbons (Fsp3) is 0.500. The van der Waals surface area contributed by atoms with Gasteiger partial charge in [0.1, 0.15) is 5.75 Å². The Kier molecular flexibility index (Phi) is 7.81. The van der Waals surface area contributed by atoms with Crippen LogP contribution in [0.25, 0.3) is 0 Å². The molecule has 1 aromatic rings. The number of rotatable bonds is 10. The smallest absolute Gasteiger partial charge is 0.250 e. The highest BCUT2D eigenvalue weighted by Gasteiger charge is 2.06. The summed E-state index contributed by atoms with van der Waals surface area (Å²) < 4.78 is 4.92. The second-order valence-corrected chi connectivity index (χ2v) is 5.01. The number of carbonyl (C=O) groups is 2. The molecule has 1 amide bonds. The number of aliphatic carboxylic acids is 1. The summed E-state index contributed by atoms with van der Waals surface area (Å²) in [6.45, 7) is 0.491. The first-order chi connectivity index (χ1) is 10.5. The van der Waals surface area contributed by atoms with Crippen molar-refractivity contribution in [3.8, 4) is 11.5 Å². The van der Waals surface area contributed by atoms with E-state index < -0.39 is 5.97 Å². The summed E-state index contributed by atoms with van der Waals surface area (Å²) in [5, 5.41) is 24.6. The summed E-state index contributed by atoms with van der Waals surface area (Å²) >= 11 is 0. The summed E-state index contributed by atoms with van der Waals surface area (Å²) in [6, 6.07) is 4.32. The number of hydrogen-bond donors (Lipinski definition) is 1. The van der Waals surface area contributed by atoms with Gasteiger partial charge in [0.05, 0.1) is 7.11 Å². The normalized spacial score (nSPS) is 10.2. The maximum atomic E-state index is 11.9. The Morgan fingerprint density at radius 2 is 1.82 bits per heavy atom. The molecular formula is C16H21NO5-2. The van der Waals surface area contributed by atoms with Crippen molar-refractivity contribution < 1.29 is 24.5 Å². The van der Waals surface area contributed by atoms with Crippen LogP contribution in [-0.4, -0.2) is 25.5 Å². The zero-order valence-electron chi connectivity index (χ0n) is 12.7. The molecule has 0 saturated heterocycles. The summed E-state index contributed by atoms with van der Waals surface area (Å²) in [5.74, 6) is -1.33. The molecule has 0 radical (unpaired) electrons. The summed E-state index contributed by atoms with van der Waals surface area (Å²) in [4.78, 5) is 22.1. The second-order valence-electron chi connectivity index (χ2n) is 5.01. The Morgan fingerprint density at radius 3 is 2.45 bits per heavy atom. The summed E-state index contributed by atoms with van der Waals surface area (Å²) in [6.07, 6.45) is 4.17. The molecule has 1 aromatic carbocycles. The number of carboxylic acids is 1. The van der Waals surface area contributed by atoms with Gasteiger partial charge in [-0.3, -0.25) is 4.79 Å². The van der Waals surface area contributed by atoms with Crippen molar-refractivity contribution in [1.82, 2.24) is 5.32 Å². The molecular weight excluding hydrogens is 286 g/mol. The van der Waals surface area contributed by atoms with Crippen LogP contribution in [0.1, 0.15) is 48.9 Å². The van der Waals surface area contributed by atoms with Gasteiger partial charge in [0, 0.05) is 18.1 Å². The average Bonchev–Trinajstić information content (AvgIpc) is 2.49. The van der Waals surface area contributed by atoms with Gasteiger partial charge in [-0.05, 0) is 37.5 Å². The van der Waals surface area contributed by atoms with Gasteiger partial charge in [-0.1, -0.05) is 25.0 Å². The molecule has 1 rings (SSSR count). The van der Waals surface area contributed by atoms with Crippen LogP contribution in [0.15, 0.2) is 18.2 Å². The molecule has 0 heterocycles. The van der Waals surface area contributed by atoms with E-state index in [2.05, 4.69) is 5.32 Å². The molecule has 22 heavy (non-hydrogen) atoms. The highest BCUT2D eigenvalue weighted by atomic mass is 16.5. The lowest BCUT2D eigenvalue weighted by atomic mass is 10.1. The van der Waals surface area contributed by atoms with Crippen molar-refractivity contribution in [2.24, 2.45) is 0 Å².